The van der Waals surface area contributed by atoms with Crippen LogP contribution in [0.15, 0.2) is 42.5 Å². The molecule has 1 aliphatic rings. The number of aryl methyl sites for hydroxylation is 1. The zero-order chi connectivity index (χ0) is 20.6. The molecule has 1 aliphatic heterocycles. The zero-order valence-electron chi connectivity index (χ0n) is 18.1. The average Bonchev–Trinajstić information content (AvgIpc) is 2.75. The van der Waals surface area contributed by atoms with Crippen LogP contribution in [-0.2, 0) is 12.8 Å². The molecule has 0 saturated heterocycles. The lowest BCUT2D eigenvalue weighted by atomic mass is 9.96. The average molecular weight is 395 g/mol. The lowest BCUT2D eigenvalue weighted by Gasteiger charge is -2.27. The van der Waals surface area contributed by atoms with Crippen LogP contribution in [0.25, 0.3) is 0 Å². The number of carbonyl (C=O) groups excluding carboxylic acids is 1. The summed E-state index contributed by atoms with van der Waals surface area (Å²) in [7, 11) is 6.00. The maximum Gasteiger partial charge on any atom is 0.162 e. The van der Waals surface area contributed by atoms with E-state index in [0.717, 1.165) is 56.6 Å². The molecule has 0 bridgehead atoms. The fraction of sp³-hybridized carbons (Fsp3) is 0.480. The first kappa shape index (κ1) is 21.4. The number of benzene rings is 2. The van der Waals surface area contributed by atoms with Crippen molar-refractivity contribution in [2.45, 2.75) is 38.5 Å². The van der Waals surface area contributed by atoms with E-state index in [9.17, 15) is 4.79 Å². The van der Waals surface area contributed by atoms with E-state index in [-0.39, 0.29) is 5.78 Å². The molecule has 0 N–H and O–H groups in total. The van der Waals surface area contributed by atoms with Gasteiger partial charge < -0.3 is 14.5 Å². The smallest absolute Gasteiger partial charge is 0.162 e. The third-order valence-corrected chi connectivity index (χ3v) is 5.90. The topological polar surface area (TPSA) is 32.8 Å². The van der Waals surface area contributed by atoms with Crippen LogP contribution < -0.4 is 9.64 Å². The maximum absolute atomic E-state index is 12.6. The number of methoxy groups -OCH3 is 1. The van der Waals surface area contributed by atoms with Gasteiger partial charge in [-0.05, 0) is 81.1 Å². The predicted octanol–water partition coefficient (Wildman–Crippen LogP) is 4.61. The van der Waals surface area contributed by atoms with Crippen molar-refractivity contribution in [2.24, 2.45) is 0 Å². The lowest BCUT2D eigenvalue weighted by Crippen LogP contribution is -2.24. The second-order valence-corrected chi connectivity index (χ2v) is 8.11. The number of ether oxygens (including phenoxy) is 1. The number of ketones is 1. The molecule has 2 aromatic rings. The molecule has 156 valence electrons. The standard InChI is InChI=1S/C25H34N2O2/c1-26(18-15-20-9-4-5-12-25(20)29-3)16-7-6-11-24(28)22-13-14-23-21(19-22)10-8-17-27(23)2/h4-5,9,12-14,19H,6-8,10-11,15-18H2,1-3H3. The Morgan fingerprint density at radius 3 is 2.79 bits per heavy atom. The minimum absolute atomic E-state index is 0.276. The summed E-state index contributed by atoms with van der Waals surface area (Å²) in [6.07, 6.45) is 5.84. The number of para-hydroxylation sites is 1. The summed E-state index contributed by atoms with van der Waals surface area (Å²) in [5, 5.41) is 0. The van der Waals surface area contributed by atoms with E-state index in [1.165, 1.54) is 23.2 Å². The Bertz CT molecular complexity index is 818. The molecule has 0 aromatic heterocycles. The molecule has 2 aromatic carbocycles. The van der Waals surface area contributed by atoms with E-state index in [1.54, 1.807) is 7.11 Å². The van der Waals surface area contributed by atoms with Crippen LogP contribution in [0.4, 0.5) is 5.69 Å². The van der Waals surface area contributed by atoms with Crippen molar-refractivity contribution >= 4 is 11.5 Å². The molecule has 0 unspecified atom stereocenters. The van der Waals surface area contributed by atoms with Crippen molar-refractivity contribution in [3.63, 3.8) is 0 Å². The molecule has 4 nitrogen and oxygen atoms in total. The van der Waals surface area contributed by atoms with Gasteiger partial charge in [-0.3, -0.25) is 4.79 Å². The van der Waals surface area contributed by atoms with Crippen molar-refractivity contribution in [1.82, 2.24) is 4.90 Å². The van der Waals surface area contributed by atoms with Gasteiger partial charge in [0.2, 0.25) is 0 Å². The van der Waals surface area contributed by atoms with Crippen molar-refractivity contribution in [3.8, 4) is 5.75 Å². The van der Waals surface area contributed by atoms with Crippen LogP contribution in [0.2, 0.25) is 0 Å². The number of anilines is 1. The van der Waals surface area contributed by atoms with E-state index in [2.05, 4.69) is 48.2 Å². The third kappa shape index (κ3) is 5.83. The number of rotatable bonds is 10. The molecule has 0 amide bonds. The molecule has 0 spiro atoms. The molecule has 29 heavy (non-hydrogen) atoms. The van der Waals surface area contributed by atoms with Crippen LogP contribution in [0.3, 0.4) is 0 Å². The van der Waals surface area contributed by atoms with Gasteiger partial charge in [-0.15, -0.1) is 0 Å². The van der Waals surface area contributed by atoms with Crippen molar-refractivity contribution in [1.29, 1.82) is 0 Å². The Morgan fingerprint density at radius 1 is 1.14 bits per heavy atom. The number of hydrogen-bond donors (Lipinski definition) is 0. The molecule has 0 radical (unpaired) electrons. The Labute approximate surface area is 175 Å². The number of nitrogens with zero attached hydrogens (tertiary/aromatic N) is 2. The van der Waals surface area contributed by atoms with Crippen LogP contribution >= 0.6 is 0 Å². The molecular formula is C25H34N2O2. The van der Waals surface area contributed by atoms with E-state index in [1.807, 2.05) is 18.2 Å². The van der Waals surface area contributed by atoms with Gasteiger partial charge in [0, 0.05) is 37.8 Å². The molecule has 1 heterocycles. The minimum Gasteiger partial charge on any atom is -0.496 e. The Kier molecular flexibility index (Phi) is 7.70. The maximum atomic E-state index is 12.6. The zero-order valence-corrected chi connectivity index (χ0v) is 18.1. The normalized spacial score (nSPS) is 13.4. The number of carbonyl (C=O) groups is 1. The summed E-state index contributed by atoms with van der Waals surface area (Å²) < 4.78 is 5.43. The fourth-order valence-corrected chi connectivity index (χ4v) is 4.10. The highest BCUT2D eigenvalue weighted by atomic mass is 16.5. The van der Waals surface area contributed by atoms with Gasteiger partial charge in [0.25, 0.3) is 0 Å². The van der Waals surface area contributed by atoms with E-state index < -0.39 is 0 Å². The van der Waals surface area contributed by atoms with Crippen molar-refractivity contribution in [2.75, 3.05) is 45.7 Å². The largest absolute Gasteiger partial charge is 0.496 e. The highest BCUT2D eigenvalue weighted by Crippen LogP contribution is 2.27. The van der Waals surface area contributed by atoms with Crippen molar-refractivity contribution < 1.29 is 9.53 Å². The van der Waals surface area contributed by atoms with Gasteiger partial charge in [-0.2, -0.15) is 0 Å². The summed E-state index contributed by atoms with van der Waals surface area (Å²) in [5.41, 5.74) is 4.73. The Hall–Kier alpha value is -2.33. The van der Waals surface area contributed by atoms with Crippen LogP contribution in [-0.4, -0.2) is 51.5 Å². The van der Waals surface area contributed by atoms with Gasteiger partial charge in [0.15, 0.2) is 5.78 Å². The van der Waals surface area contributed by atoms with Crippen LogP contribution in [0, 0.1) is 0 Å². The number of unbranched alkanes of at least 4 members (excludes halogenated alkanes) is 1. The van der Waals surface area contributed by atoms with Crippen LogP contribution in [0.5, 0.6) is 5.75 Å². The number of likely N-dealkylation sites (N-methyl/N-ethyl adjacent to an activating group) is 1. The van der Waals surface area contributed by atoms with Crippen molar-refractivity contribution in [3.05, 3.63) is 59.2 Å². The highest BCUT2D eigenvalue weighted by Gasteiger charge is 2.16. The number of hydrogen-bond acceptors (Lipinski definition) is 4. The molecule has 0 saturated carbocycles. The molecule has 4 heteroatoms. The summed E-state index contributed by atoms with van der Waals surface area (Å²) in [4.78, 5) is 17.2. The van der Waals surface area contributed by atoms with Gasteiger partial charge in [-0.25, -0.2) is 0 Å². The monoisotopic (exact) mass is 394 g/mol. The van der Waals surface area contributed by atoms with E-state index >= 15 is 0 Å². The fourth-order valence-electron chi connectivity index (χ4n) is 4.10. The first-order valence-electron chi connectivity index (χ1n) is 10.8. The lowest BCUT2D eigenvalue weighted by molar-refractivity contribution is 0.0978. The predicted molar refractivity (Wildman–Crippen MR) is 120 cm³/mol. The molecular weight excluding hydrogens is 360 g/mol. The minimum atomic E-state index is 0.276. The Balaban J connectivity index is 1.39. The van der Waals surface area contributed by atoms with E-state index in [4.69, 9.17) is 4.74 Å². The van der Waals surface area contributed by atoms with Gasteiger partial charge in [0.1, 0.15) is 5.75 Å². The second-order valence-electron chi connectivity index (χ2n) is 8.11. The van der Waals surface area contributed by atoms with Gasteiger partial charge in [0.05, 0.1) is 7.11 Å². The summed E-state index contributed by atoms with van der Waals surface area (Å²) in [6.45, 7) is 3.11. The van der Waals surface area contributed by atoms with Gasteiger partial charge in [-0.1, -0.05) is 18.2 Å². The second kappa shape index (κ2) is 10.4. The quantitative estimate of drug-likeness (QED) is 0.435. The number of fused-ring (bicyclic) bond motifs is 1. The summed E-state index contributed by atoms with van der Waals surface area (Å²) in [6, 6.07) is 14.4. The number of Topliss-reactive ketones (excluding diaryl/α,β-unsaturated/α-hetero) is 1. The first-order chi connectivity index (χ1) is 14.1. The molecule has 0 atom stereocenters. The SMILES string of the molecule is COc1ccccc1CCN(C)CCCCC(=O)c1ccc2c(c1)CCCN2C. The third-order valence-electron chi connectivity index (χ3n) is 5.90. The molecule has 3 rings (SSSR count). The molecule has 0 fully saturated rings. The van der Waals surface area contributed by atoms with E-state index in [0.29, 0.717) is 6.42 Å². The summed E-state index contributed by atoms with van der Waals surface area (Å²) >= 11 is 0. The molecule has 0 aliphatic carbocycles. The van der Waals surface area contributed by atoms with Crippen LogP contribution in [0.1, 0.15) is 47.2 Å². The highest BCUT2D eigenvalue weighted by molar-refractivity contribution is 5.96. The Morgan fingerprint density at radius 2 is 1.97 bits per heavy atom. The first-order valence-corrected chi connectivity index (χ1v) is 10.8. The summed E-state index contributed by atoms with van der Waals surface area (Å²) in [5.74, 6) is 1.24. The van der Waals surface area contributed by atoms with Gasteiger partial charge >= 0.3 is 0 Å².